The quantitative estimate of drug-likeness (QED) is 0.739. The van der Waals surface area contributed by atoms with Crippen LogP contribution < -0.4 is 5.32 Å². The van der Waals surface area contributed by atoms with Crippen molar-refractivity contribution >= 4 is 0 Å². The molecule has 0 radical (unpaired) electrons. The molecule has 2 aliphatic rings. The third-order valence-electron chi connectivity index (χ3n) is 3.30. The van der Waals surface area contributed by atoms with Crippen LogP contribution in [0.2, 0.25) is 0 Å². The van der Waals surface area contributed by atoms with Crippen LogP contribution >= 0.6 is 0 Å². The fraction of sp³-hybridized carbons (Fsp3) is 0.636. The van der Waals surface area contributed by atoms with E-state index in [9.17, 15) is 0 Å². The van der Waals surface area contributed by atoms with E-state index in [2.05, 4.69) is 15.3 Å². The molecule has 3 heterocycles. The van der Waals surface area contributed by atoms with Gasteiger partial charge in [-0.3, -0.25) is 0 Å². The largest absolute Gasteiger partial charge is 0.378 e. The number of aromatic nitrogens is 2. The average Bonchev–Trinajstić information content (AvgIpc) is 2.80. The highest BCUT2D eigenvalue weighted by atomic mass is 16.6. The Kier molecular flexibility index (Phi) is 2.59. The molecule has 5 nitrogen and oxygen atoms in total. The SMILES string of the molecule is c1ncc(C2NCCOC23CCOC3)cn1. The van der Waals surface area contributed by atoms with Gasteiger partial charge in [0.05, 0.1) is 19.3 Å². The van der Waals surface area contributed by atoms with Gasteiger partial charge in [-0.15, -0.1) is 0 Å². The molecule has 0 bridgehead atoms. The number of hydrogen-bond donors (Lipinski definition) is 1. The summed E-state index contributed by atoms with van der Waals surface area (Å²) in [5.41, 5.74) is 0.857. The minimum absolute atomic E-state index is 0.143. The van der Waals surface area contributed by atoms with Crippen LogP contribution in [0.25, 0.3) is 0 Å². The van der Waals surface area contributed by atoms with E-state index in [1.54, 1.807) is 6.33 Å². The Bertz CT molecular complexity index is 352. The molecule has 2 atom stereocenters. The Morgan fingerprint density at radius 3 is 2.94 bits per heavy atom. The molecule has 16 heavy (non-hydrogen) atoms. The fourth-order valence-electron chi connectivity index (χ4n) is 2.51. The number of morpholine rings is 1. The van der Waals surface area contributed by atoms with E-state index < -0.39 is 0 Å². The van der Waals surface area contributed by atoms with Gasteiger partial charge in [-0.2, -0.15) is 0 Å². The standard InChI is InChI=1S/C11H15N3O2/c1-3-15-7-11(1)10(14-2-4-16-11)9-5-12-8-13-6-9/h5-6,8,10,14H,1-4,7H2. The van der Waals surface area contributed by atoms with Gasteiger partial charge in [0.1, 0.15) is 11.9 Å². The van der Waals surface area contributed by atoms with E-state index in [0.717, 1.165) is 31.7 Å². The first-order valence-corrected chi connectivity index (χ1v) is 5.61. The number of ether oxygens (including phenoxy) is 2. The molecule has 86 valence electrons. The monoisotopic (exact) mass is 221 g/mol. The Labute approximate surface area is 94.2 Å². The smallest absolute Gasteiger partial charge is 0.115 e. The molecule has 1 aromatic rings. The fourth-order valence-corrected chi connectivity index (χ4v) is 2.51. The molecule has 1 N–H and O–H groups in total. The molecule has 0 aliphatic carbocycles. The summed E-state index contributed by atoms with van der Waals surface area (Å²) in [6, 6.07) is 0.143. The van der Waals surface area contributed by atoms with Crippen molar-refractivity contribution in [2.45, 2.75) is 18.1 Å². The van der Waals surface area contributed by atoms with Crippen LogP contribution in [-0.4, -0.2) is 41.9 Å². The van der Waals surface area contributed by atoms with Crippen molar-refractivity contribution in [1.29, 1.82) is 0 Å². The van der Waals surface area contributed by atoms with Crippen LogP contribution in [0, 0.1) is 0 Å². The first kappa shape index (κ1) is 10.1. The summed E-state index contributed by atoms with van der Waals surface area (Å²) in [6.07, 6.45) is 6.17. The highest BCUT2D eigenvalue weighted by Crippen LogP contribution is 2.37. The van der Waals surface area contributed by atoms with Crippen molar-refractivity contribution in [2.24, 2.45) is 0 Å². The predicted molar refractivity (Wildman–Crippen MR) is 56.9 cm³/mol. The van der Waals surface area contributed by atoms with Gasteiger partial charge in [0.15, 0.2) is 0 Å². The van der Waals surface area contributed by atoms with E-state index >= 15 is 0 Å². The van der Waals surface area contributed by atoms with Crippen molar-refractivity contribution in [3.8, 4) is 0 Å². The number of nitrogens with one attached hydrogen (secondary N) is 1. The minimum Gasteiger partial charge on any atom is -0.378 e. The molecular weight excluding hydrogens is 206 g/mol. The summed E-state index contributed by atoms with van der Waals surface area (Å²) in [6.45, 7) is 3.03. The molecular formula is C11H15N3O2. The molecule has 2 aliphatic heterocycles. The van der Waals surface area contributed by atoms with Gasteiger partial charge in [-0.25, -0.2) is 9.97 Å². The van der Waals surface area contributed by atoms with Gasteiger partial charge in [0.25, 0.3) is 0 Å². The van der Waals surface area contributed by atoms with E-state index in [1.807, 2.05) is 12.4 Å². The molecule has 2 saturated heterocycles. The van der Waals surface area contributed by atoms with Crippen LogP contribution in [0.3, 0.4) is 0 Å². The molecule has 2 fully saturated rings. The zero-order chi connectivity index (χ0) is 10.8. The van der Waals surface area contributed by atoms with Gasteiger partial charge in [0, 0.05) is 37.5 Å². The van der Waals surface area contributed by atoms with Gasteiger partial charge in [0.2, 0.25) is 0 Å². The Morgan fingerprint density at radius 1 is 1.31 bits per heavy atom. The molecule has 0 saturated carbocycles. The molecule has 0 aromatic carbocycles. The van der Waals surface area contributed by atoms with Crippen LogP contribution in [-0.2, 0) is 9.47 Å². The third kappa shape index (κ3) is 1.61. The Morgan fingerprint density at radius 2 is 2.19 bits per heavy atom. The first-order valence-electron chi connectivity index (χ1n) is 5.61. The normalized spacial score (nSPS) is 34.4. The van der Waals surface area contributed by atoms with Gasteiger partial charge in [-0.05, 0) is 0 Å². The zero-order valence-corrected chi connectivity index (χ0v) is 9.06. The van der Waals surface area contributed by atoms with Gasteiger partial charge >= 0.3 is 0 Å². The predicted octanol–water partition coefficient (Wildman–Crippen LogP) is 0.297. The second kappa shape index (κ2) is 4.08. The highest BCUT2D eigenvalue weighted by Gasteiger charge is 2.46. The molecule has 0 amide bonds. The Balaban J connectivity index is 1.91. The van der Waals surface area contributed by atoms with Crippen molar-refractivity contribution in [3.05, 3.63) is 24.3 Å². The summed E-state index contributed by atoms with van der Waals surface area (Å²) in [5.74, 6) is 0. The van der Waals surface area contributed by atoms with Crippen molar-refractivity contribution in [2.75, 3.05) is 26.4 Å². The first-order chi connectivity index (χ1) is 7.91. The van der Waals surface area contributed by atoms with Crippen molar-refractivity contribution < 1.29 is 9.47 Å². The van der Waals surface area contributed by atoms with E-state index in [0.29, 0.717) is 6.61 Å². The average molecular weight is 221 g/mol. The molecule has 1 aromatic heterocycles. The van der Waals surface area contributed by atoms with Crippen LogP contribution in [0.4, 0.5) is 0 Å². The molecule has 5 heteroatoms. The molecule has 3 rings (SSSR count). The summed E-state index contributed by atoms with van der Waals surface area (Å²) in [7, 11) is 0. The summed E-state index contributed by atoms with van der Waals surface area (Å²) < 4.78 is 11.4. The maximum absolute atomic E-state index is 5.95. The van der Waals surface area contributed by atoms with Gasteiger partial charge < -0.3 is 14.8 Å². The summed E-state index contributed by atoms with van der Waals surface area (Å²) in [4.78, 5) is 8.13. The van der Waals surface area contributed by atoms with Crippen molar-refractivity contribution in [1.82, 2.24) is 15.3 Å². The second-order valence-electron chi connectivity index (χ2n) is 4.27. The number of nitrogens with zero attached hydrogens (tertiary/aromatic N) is 2. The lowest BCUT2D eigenvalue weighted by Crippen LogP contribution is -2.52. The van der Waals surface area contributed by atoms with Crippen LogP contribution in [0.15, 0.2) is 18.7 Å². The topological polar surface area (TPSA) is 56.3 Å². The Hall–Kier alpha value is -1.04. The zero-order valence-electron chi connectivity index (χ0n) is 9.06. The minimum atomic E-state index is -0.219. The summed E-state index contributed by atoms with van der Waals surface area (Å²) in [5, 5.41) is 3.48. The maximum atomic E-state index is 5.95. The summed E-state index contributed by atoms with van der Waals surface area (Å²) >= 11 is 0. The lowest BCUT2D eigenvalue weighted by molar-refractivity contribution is -0.0990. The lowest BCUT2D eigenvalue weighted by atomic mass is 9.87. The van der Waals surface area contributed by atoms with E-state index in [4.69, 9.17) is 9.47 Å². The lowest BCUT2D eigenvalue weighted by Gasteiger charge is -2.40. The molecule has 2 unspecified atom stereocenters. The number of hydrogen-bond acceptors (Lipinski definition) is 5. The molecule has 1 spiro atoms. The highest BCUT2D eigenvalue weighted by molar-refractivity contribution is 5.17. The van der Waals surface area contributed by atoms with Gasteiger partial charge in [-0.1, -0.05) is 0 Å². The number of rotatable bonds is 1. The van der Waals surface area contributed by atoms with E-state index in [-0.39, 0.29) is 11.6 Å². The maximum Gasteiger partial charge on any atom is 0.115 e. The second-order valence-corrected chi connectivity index (χ2v) is 4.27. The van der Waals surface area contributed by atoms with E-state index in [1.165, 1.54) is 0 Å². The van der Waals surface area contributed by atoms with Crippen LogP contribution in [0.5, 0.6) is 0 Å². The van der Waals surface area contributed by atoms with Crippen LogP contribution in [0.1, 0.15) is 18.0 Å². The third-order valence-corrected chi connectivity index (χ3v) is 3.30. The van der Waals surface area contributed by atoms with Crippen molar-refractivity contribution in [3.63, 3.8) is 0 Å².